The first-order valence-electron chi connectivity index (χ1n) is 4.90. The van der Waals surface area contributed by atoms with Crippen molar-refractivity contribution in [2.24, 2.45) is 5.10 Å². The van der Waals surface area contributed by atoms with Gasteiger partial charge in [-0.15, -0.1) is 0 Å². The minimum absolute atomic E-state index is 0.114. The minimum atomic E-state index is -0.343. The number of aromatic hydroxyl groups is 1. The highest BCUT2D eigenvalue weighted by Crippen LogP contribution is 2.09. The first-order chi connectivity index (χ1) is 8.25. The van der Waals surface area contributed by atoms with Crippen molar-refractivity contribution in [3.63, 3.8) is 0 Å². The van der Waals surface area contributed by atoms with Gasteiger partial charge in [0.1, 0.15) is 5.75 Å². The van der Waals surface area contributed by atoms with Gasteiger partial charge in [0, 0.05) is 11.1 Å². The Morgan fingerprint density at radius 3 is 2.71 bits per heavy atom. The number of carbonyl (C=O) groups excluding carboxylic acids is 1. The molecule has 1 aromatic carbocycles. The lowest BCUT2D eigenvalue weighted by Gasteiger charge is -1.99. The number of phenolic OH excluding ortho intramolecular Hbond substituents is 1. The van der Waals surface area contributed by atoms with Crippen LogP contribution >= 0.6 is 0 Å². The molecular weight excluding hydrogens is 220 g/mol. The summed E-state index contributed by atoms with van der Waals surface area (Å²) in [5.74, 6) is -0.229. The standard InChI is InChI=1S/C12H10N2O3/c15-11-3-1-10(2-4-11)12(16)14-13-7-9-5-6-17-8-9/h1-8,15H,(H,14,16)/b13-7-. The van der Waals surface area contributed by atoms with E-state index in [1.165, 1.54) is 43.0 Å². The van der Waals surface area contributed by atoms with E-state index in [-0.39, 0.29) is 11.7 Å². The zero-order valence-corrected chi connectivity index (χ0v) is 8.83. The summed E-state index contributed by atoms with van der Waals surface area (Å²) in [6.45, 7) is 0. The van der Waals surface area contributed by atoms with Gasteiger partial charge in [-0.05, 0) is 30.3 Å². The lowest BCUT2D eigenvalue weighted by molar-refractivity contribution is 0.0955. The Bertz CT molecular complexity index is 515. The molecule has 1 aromatic heterocycles. The van der Waals surface area contributed by atoms with Crippen molar-refractivity contribution in [1.82, 2.24) is 5.43 Å². The van der Waals surface area contributed by atoms with Crippen LogP contribution in [-0.2, 0) is 0 Å². The molecule has 1 amide bonds. The molecule has 0 bridgehead atoms. The third kappa shape index (κ3) is 2.94. The molecule has 0 spiro atoms. The van der Waals surface area contributed by atoms with Crippen molar-refractivity contribution >= 4 is 12.1 Å². The summed E-state index contributed by atoms with van der Waals surface area (Å²) in [4.78, 5) is 11.6. The van der Waals surface area contributed by atoms with Gasteiger partial charge >= 0.3 is 0 Å². The number of furan rings is 1. The van der Waals surface area contributed by atoms with Crippen molar-refractivity contribution < 1.29 is 14.3 Å². The number of amides is 1. The number of benzene rings is 1. The summed E-state index contributed by atoms with van der Waals surface area (Å²) in [5, 5.41) is 12.8. The average molecular weight is 230 g/mol. The van der Waals surface area contributed by atoms with Gasteiger partial charge in [0.15, 0.2) is 0 Å². The normalized spacial score (nSPS) is 10.6. The molecule has 0 atom stereocenters. The molecule has 17 heavy (non-hydrogen) atoms. The Kier molecular flexibility index (Phi) is 3.20. The van der Waals surface area contributed by atoms with Crippen molar-refractivity contribution in [2.45, 2.75) is 0 Å². The maximum Gasteiger partial charge on any atom is 0.271 e. The molecule has 0 aliphatic heterocycles. The fraction of sp³-hybridized carbons (Fsp3) is 0. The van der Waals surface area contributed by atoms with Crippen LogP contribution in [0.2, 0.25) is 0 Å². The summed E-state index contributed by atoms with van der Waals surface area (Å²) in [7, 11) is 0. The van der Waals surface area contributed by atoms with Crippen LogP contribution < -0.4 is 5.43 Å². The van der Waals surface area contributed by atoms with E-state index < -0.39 is 0 Å². The van der Waals surface area contributed by atoms with Crippen LogP contribution in [0.4, 0.5) is 0 Å². The van der Waals surface area contributed by atoms with Crippen LogP contribution in [0.25, 0.3) is 0 Å². The first kappa shape index (κ1) is 10.9. The highest BCUT2D eigenvalue weighted by molar-refractivity contribution is 5.94. The highest BCUT2D eigenvalue weighted by atomic mass is 16.3. The van der Waals surface area contributed by atoms with Gasteiger partial charge in [-0.2, -0.15) is 5.10 Å². The third-order valence-electron chi connectivity index (χ3n) is 2.05. The molecule has 0 aliphatic carbocycles. The molecule has 86 valence electrons. The molecule has 0 unspecified atom stereocenters. The fourth-order valence-electron chi connectivity index (χ4n) is 1.19. The van der Waals surface area contributed by atoms with Gasteiger partial charge < -0.3 is 9.52 Å². The van der Waals surface area contributed by atoms with E-state index in [1.807, 2.05) is 0 Å². The molecule has 0 fully saturated rings. The Morgan fingerprint density at radius 2 is 2.06 bits per heavy atom. The fourth-order valence-corrected chi connectivity index (χ4v) is 1.19. The predicted molar refractivity (Wildman–Crippen MR) is 61.9 cm³/mol. The first-order valence-corrected chi connectivity index (χ1v) is 4.90. The molecule has 5 heteroatoms. The maximum absolute atomic E-state index is 11.6. The van der Waals surface area contributed by atoms with E-state index in [1.54, 1.807) is 6.07 Å². The summed E-state index contributed by atoms with van der Waals surface area (Å²) in [6, 6.07) is 7.62. The third-order valence-corrected chi connectivity index (χ3v) is 2.05. The number of nitrogens with zero attached hydrogens (tertiary/aromatic N) is 1. The topological polar surface area (TPSA) is 74.8 Å². The van der Waals surface area contributed by atoms with E-state index in [2.05, 4.69) is 10.5 Å². The molecule has 5 nitrogen and oxygen atoms in total. The van der Waals surface area contributed by atoms with Gasteiger partial charge in [0.25, 0.3) is 5.91 Å². The second-order valence-electron chi connectivity index (χ2n) is 3.30. The Balaban J connectivity index is 1.96. The van der Waals surface area contributed by atoms with Crippen LogP contribution in [0.5, 0.6) is 5.75 Å². The molecule has 0 saturated heterocycles. The molecule has 2 rings (SSSR count). The number of phenols is 1. The number of carbonyl (C=O) groups is 1. The van der Waals surface area contributed by atoms with E-state index in [0.717, 1.165) is 5.56 Å². The van der Waals surface area contributed by atoms with Crippen molar-refractivity contribution in [2.75, 3.05) is 0 Å². The molecule has 0 saturated carbocycles. The zero-order valence-electron chi connectivity index (χ0n) is 8.83. The van der Waals surface area contributed by atoms with Crippen molar-refractivity contribution in [3.8, 4) is 5.75 Å². The largest absolute Gasteiger partial charge is 0.508 e. The summed E-state index contributed by atoms with van der Waals surface area (Å²) >= 11 is 0. The highest BCUT2D eigenvalue weighted by Gasteiger charge is 2.02. The Labute approximate surface area is 97.4 Å². The molecule has 2 aromatic rings. The van der Waals surface area contributed by atoms with E-state index in [9.17, 15) is 4.79 Å². The smallest absolute Gasteiger partial charge is 0.271 e. The van der Waals surface area contributed by atoms with Crippen LogP contribution in [0.1, 0.15) is 15.9 Å². The van der Waals surface area contributed by atoms with E-state index in [4.69, 9.17) is 9.52 Å². The van der Waals surface area contributed by atoms with Gasteiger partial charge in [-0.25, -0.2) is 5.43 Å². The van der Waals surface area contributed by atoms with Gasteiger partial charge in [0.2, 0.25) is 0 Å². The molecule has 0 aliphatic rings. The van der Waals surface area contributed by atoms with Crippen LogP contribution in [0.3, 0.4) is 0 Å². The van der Waals surface area contributed by atoms with Crippen molar-refractivity contribution in [1.29, 1.82) is 0 Å². The number of hydrazone groups is 1. The molecule has 2 N–H and O–H groups in total. The van der Waals surface area contributed by atoms with Crippen LogP contribution in [0, 0.1) is 0 Å². The lowest BCUT2D eigenvalue weighted by Crippen LogP contribution is -2.17. The summed E-state index contributed by atoms with van der Waals surface area (Å²) in [5.41, 5.74) is 3.55. The van der Waals surface area contributed by atoms with E-state index in [0.29, 0.717) is 5.56 Å². The van der Waals surface area contributed by atoms with Gasteiger partial charge in [-0.3, -0.25) is 4.79 Å². The quantitative estimate of drug-likeness (QED) is 0.623. The molecule has 0 radical (unpaired) electrons. The number of rotatable bonds is 3. The molecular formula is C12H10N2O3. The van der Waals surface area contributed by atoms with Gasteiger partial charge in [-0.1, -0.05) is 0 Å². The zero-order chi connectivity index (χ0) is 12.1. The maximum atomic E-state index is 11.6. The SMILES string of the molecule is O=C(N/N=C\c1ccoc1)c1ccc(O)cc1. The average Bonchev–Trinajstić information content (AvgIpc) is 2.83. The van der Waals surface area contributed by atoms with Crippen LogP contribution in [0.15, 0.2) is 52.4 Å². The second-order valence-corrected chi connectivity index (χ2v) is 3.30. The number of hydrogen-bond donors (Lipinski definition) is 2. The number of hydrogen-bond acceptors (Lipinski definition) is 4. The second kappa shape index (κ2) is 4.98. The lowest BCUT2D eigenvalue weighted by atomic mass is 10.2. The monoisotopic (exact) mass is 230 g/mol. The number of nitrogens with one attached hydrogen (secondary N) is 1. The van der Waals surface area contributed by atoms with Gasteiger partial charge in [0.05, 0.1) is 18.7 Å². The van der Waals surface area contributed by atoms with E-state index >= 15 is 0 Å². The van der Waals surface area contributed by atoms with Crippen molar-refractivity contribution in [3.05, 3.63) is 54.0 Å². The Morgan fingerprint density at radius 1 is 1.29 bits per heavy atom. The van der Waals surface area contributed by atoms with Crippen LogP contribution in [-0.4, -0.2) is 17.2 Å². The summed E-state index contributed by atoms with van der Waals surface area (Å²) < 4.78 is 4.84. The Hall–Kier alpha value is -2.56. The minimum Gasteiger partial charge on any atom is -0.508 e. The summed E-state index contributed by atoms with van der Waals surface area (Å²) in [6.07, 6.45) is 4.50. The molecule has 1 heterocycles. The predicted octanol–water partition coefficient (Wildman–Crippen LogP) is 1.75.